The van der Waals surface area contributed by atoms with Gasteiger partial charge in [0.05, 0.1) is 0 Å². The predicted octanol–water partition coefficient (Wildman–Crippen LogP) is 10.3. The first-order valence-corrected chi connectivity index (χ1v) is 13.3. The fourth-order valence-corrected chi connectivity index (χ4v) is 6.20. The van der Waals surface area contributed by atoms with Crippen molar-refractivity contribution in [1.29, 1.82) is 0 Å². The highest BCUT2D eigenvalue weighted by atomic mass is 15.1. The third kappa shape index (κ3) is 3.47. The zero-order chi connectivity index (χ0) is 25.7. The van der Waals surface area contributed by atoms with Crippen molar-refractivity contribution in [2.45, 2.75) is 19.3 Å². The van der Waals surface area contributed by atoms with Crippen molar-refractivity contribution in [1.82, 2.24) is 0 Å². The smallest absolute Gasteiger partial charge is 0.0462 e. The second-order valence-corrected chi connectivity index (χ2v) is 10.6. The summed E-state index contributed by atoms with van der Waals surface area (Å²) in [5.74, 6) is 0. The Morgan fingerprint density at radius 1 is 0.447 bits per heavy atom. The lowest BCUT2D eigenvalue weighted by Crippen LogP contribution is -2.23. The van der Waals surface area contributed by atoms with Crippen LogP contribution >= 0.6 is 0 Å². The summed E-state index contributed by atoms with van der Waals surface area (Å²) in [7, 11) is 0. The molecule has 0 fully saturated rings. The highest BCUT2D eigenvalue weighted by Crippen LogP contribution is 2.51. The molecule has 0 heterocycles. The van der Waals surface area contributed by atoms with Gasteiger partial charge in [-0.25, -0.2) is 0 Å². The first kappa shape index (κ1) is 22.6. The van der Waals surface area contributed by atoms with Crippen LogP contribution in [0.5, 0.6) is 0 Å². The number of para-hydroxylation sites is 2. The molecule has 0 amide bonds. The van der Waals surface area contributed by atoms with E-state index in [0.717, 1.165) is 17.1 Å². The number of nitrogens with zero attached hydrogens (tertiary/aromatic N) is 1. The lowest BCUT2D eigenvalue weighted by Gasteiger charge is -2.36. The van der Waals surface area contributed by atoms with Crippen molar-refractivity contribution in [2.75, 3.05) is 4.90 Å². The van der Waals surface area contributed by atoms with Crippen molar-refractivity contribution in [3.05, 3.63) is 151 Å². The Hall–Kier alpha value is -4.62. The van der Waals surface area contributed by atoms with E-state index in [9.17, 15) is 0 Å². The van der Waals surface area contributed by atoms with Crippen molar-refractivity contribution < 1.29 is 0 Å². The number of anilines is 3. The van der Waals surface area contributed by atoms with Crippen LogP contribution < -0.4 is 4.90 Å². The number of fused-ring (bicyclic) bond motifs is 2. The van der Waals surface area contributed by atoms with Crippen LogP contribution in [0.25, 0.3) is 33.0 Å². The summed E-state index contributed by atoms with van der Waals surface area (Å²) >= 11 is 0. The van der Waals surface area contributed by atoms with Crippen molar-refractivity contribution in [2.24, 2.45) is 0 Å². The van der Waals surface area contributed by atoms with Gasteiger partial charge in [-0.2, -0.15) is 0 Å². The Morgan fingerprint density at radius 3 is 1.71 bits per heavy atom. The van der Waals surface area contributed by atoms with Crippen LogP contribution in [-0.2, 0) is 5.41 Å². The molecule has 1 aliphatic rings. The van der Waals surface area contributed by atoms with Gasteiger partial charge in [-0.05, 0) is 80.6 Å². The summed E-state index contributed by atoms with van der Waals surface area (Å²) in [5.41, 5.74) is 11.4. The molecular formula is C37H29N. The monoisotopic (exact) mass is 487 g/mol. The third-order valence-electron chi connectivity index (χ3n) is 8.05. The molecule has 0 radical (unpaired) electrons. The van der Waals surface area contributed by atoms with Crippen LogP contribution in [0.2, 0.25) is 0 Å². The lowest BCUT2D eigenvalue weighted by molar-refractivity contribution is 0.645. The Balaban J connectivity index is 1.41. The lowest BCUT2D eigenvalue weighted by atomic mass is 9.67. The molecule has 0 aliphatic heterocycles. The standard InChI is InChI=1S/C37H29N/c1-37(2)33-18-10-9-17-32(33)36-31(25-22-27-12-11-19-34(37)35(27)36)26-20-23-30(24-21-26)38(28-13-5-3-6-14-28)29-15-7-4-8-16-29/h3-25H,1-2H3. The van der Waals surface area contributed by atoms with Crippen LogP contribution in [0.15, 0.2) is 140 Å². The van der Waals surface area contributed by atoms with Crippen LogP contribution in [0, 0.1) is 0 Å². The first-order chi connectivity index (χ1) is 18.6. The Kier molecular flexibility index (Phi) is 5.19. The minimum absolute atomic E-state index is 0.0442. The largest absolute Gasteiger partial charge is 0.311 e. The number of hydrogen-bond acceptors (Lipinski definition) is 1. The van der Waals surface area contributed by atoms with Gasteiger partial charge in [-0.15, -0.1) is 0 Å². The van der Waals surface area contributed by atoms with E-state index in [2.05, 4.69) is 158 Å². The molecule has 0 N–H and O–H groups in total. The third-order valence-corrected chi connectivity index (χ3v) is 8.05. The maximum absolute atomic E-state index is 2.35. The van der Waals surface area contributed by atoms with Gasteiger partial charge in [0.1, 0.15) is 0 Å². The summed E-state index contributed by atoms with van der Waals surface area (Å²) in [6, 6.07) is 50.5. The van der Waals surface area contributed by atoms with E-state index in [1.54, 1.807) is 0 Å². The molecule has 0 aromatic heterocycles. The molecule has 0 spiro atoms. The number of hydrogen-bond donors (Lipinski definition) is 0. The van der Waals surface area contributed by atoms with Crippen molar-refractivity contribution in [3.8, 4) is 22.3 Å². The molecule has 1 aliphatic carbocycles. The van der Waals surface area contributed by atoms with E-state index in [1.807, 2.05) is 0 Å². The molecular weight excluding hydrogens is 458 g/mol. The normalized spacial score (nSPS) is 13.2. The zero-order valence-corrected chi connectivity index (χ0v) is 21.7. The predicted molar refractivity (Wildman–Crippen MR) is 162 cm³/mol. The molecule has 0 bridgehead atoms. The Bertz CT molecular complexity index is 1720. The van der Waals surface area contributed by atoms with Gasteiger partial charge in [-0.3, -0.25) is 0 Å². The minimum Gasteiger partial charge on any atom is -0.311 e. The SMILES string of the molecule is CC1(C)c2ccccc2-c2c(-c3ccc(N(c4ccccc4)c4ccccc4)cc3)ccc3cccc1c23. The van der Waals surface area contributed by atoms with Gasteiger partial charge in [-0.1, -0.05) is 117 Å². The van der Waals surface area contributed by atoms with Crippen LogP contribution in [0.1, 0.15) is 25.0 Å². The average molecular weight is 488 g/mol. The second kappa shape index (κ2) is 8.75. The van der Waals surface area contributed by atoms with Gasteiger partial charge >= 0.3 is 0 Å². The highest BCUT2D eigenvalue weighted by Gasteiger charge is 2.34. The maximum atomic E-state index is 2.35. The minimum atomic E-state index is -0.0442. The molecule has 38 heavy (non-hydrogen) atoms. The fraction of sp³-hybridized carbons (Fsp3) is 0.0811. The van der Waals surface area contributed by atoms with E-state index in [1.165, 1.54) is 44.2 Å². The quantitative estimate of drug-likeness (QED) is 0.239. The molecule has 0 unspecified atom stereocenters. The molecule has 6 aromatic carbocycles. The van der Waals surface area contributed by atoms with E-state index >= 15 is 0 Å². The molecule has 1 heteroatoms. The summed E-state index contributed by atoms with van der Waals surface area (Å²) < 4.78 is 0. The highest BCUT2D eigenvalue weighted by molar-refractivity contribution is 6.09. The Labute approximate surface area is 224 Å². The molecule has 7 rings (SSSR count). The summed E-state index contributed by atoms with van der Waals surface area (Å²) in [6.45, 7) is 4.71. The second-order valence-electron chi connectivity index (χ2n) is 10.6. The van der Waals surface area contributed by atoms with Gasteiger partial charge in [0.25, 0.3) is 0 Å². The van der Waals surface area contributed by atoms with E-state index in [-0.39, 0.29) is 5.41 Å². The van der Waals surface area contributed by atoms with E-state index in [0.29, 0.717) is 0 Å². The molecule has 6 aromatic rings. The zero-order valence-electron chi connectivity index (χ0n) is 21.7. The molecule has 0 saturated carbocycles. The molecule has 0 saturated heterocycles. The van der Waals surface area contributed by atoms with Crippen LogP contribution in [0.3, 0.4) is 0 Å². The average Bonchev–Trinajstić information content (AvgIpc) is 2.97. The van der Waals surface area contributed by atoms with Gasteiger partial charge in [0.15, 0.2) is 0 Å². The van der Waals surface area contributed by atoms with E-state index in [4.69, 9.17) is 0 Å². The van der Waals surface area contributed by atoms with E-state index < -0.39 is 0 Å². The first-order valence-electron chi connectivity index (χ1n) is 13.3. The van der Waals surface area contributed by atoms with Gasteiger partial charge in [0.2, 0.25) is 0 Å². The Morgan fingerprint density at radius 2 is 1.03 bits per heavy atom. The van der Waals surface area contributed by atoms with Crippen molar-refractivity contribution in [3.63, 3.8) is 0 Å². The fourth-order valence-electron chi connectivity index (χ4n) is 6.20. The topological polar surface area (TPSA) is 3.24 Å². The molecule has 182 valence electrons. The summed E-state index contributed by atoms with van der Waals surface area (Å²) in [4.78, 5) is 2.31. The summed E-state index contributed by atoms with van der Waals surface area (Å²) in [5, 5.41) is 2.69. The number of rotatable bonds is 4. The summed E-state index contributed by atoms with van der Waals surface area (Å²) in [6.07, 6.45) is 0. The maximum Gasteiger partial charge on any atom is 0.0462 e. The van der Waals surface area contributed by atoms with Crippen molar-refractivity contribution >= 4 is 27.8 Å². The molecule has 0 atom stereocenters. The number of benzene rings is 6. The molecule has 1 nitrogen and oxygen atoms in total. The van der Waals surface area contributed by atoms with Crippen LogP contribution in [0.4, 0.5) is 17.1 Å². The van der Waals surface area contributed by atoms with Gasteiger partial charge < -0.3 is 4.90 Å². The van der Waals surface area contributed by atoms with Crippen LogP contribution in [-0.4, -0.2) is 0 Å². The van der Waals surface area contributed by atoms with Gasteiger partial charge in [0, 0.05) is 22.5 Å².